The lowest BCUT2D eigenvalue weighted by atomic mass is 9.66. The first-order valence-corrected chi connectivity index (χ1v) is 23.7. The summed E-state index contributed by atoms with van der Waals surface area (Å²) in [4.78, 5) is 13.3. The van der Waals surface area contributed by atoms with E-state index in [0.29, 0.717) is 40.9 Å². The van der Waals surface area contributed by atoms with Crippen molar-refractivity contribution < 1.29 is 43.3 Å². The number of hydrogen-bond acceptors (Lipinski definition) is 12. The van der Waals surface area contributed by atoms with Crippen LogP contribution in [0.1, 0.15) is 105 Å². The van der Waals surface area contributed by atoms with Crippen LogP contribution in [-0.2, 0) is 20.9 Å². The Bertz CT molecular complexity index is 3470. The number of alkyl halides is 3. The normalized spacial score (nSPS) is 22.0. The summed E-state index contributed by atoms with van der Waals surface area (Å²) in [6, 6.07) is 24.2. The fraction of sp³-hybridized carbons (Fsp3) is 0.294. The van der Waals surface area contributed by atoms with E-state index in [4.69, 9.17) is 10.7 Å². The third-order valence-corrected chi connectivity index (χ3v) is 16.3. The van der Waals surface area contributed by atoms with Crippen molar-refractivity contribution >= 4 is 15.9 Å². The van der Waals surface area contributed by atoms with E-state index >= 15 is 0 Å². The van der Waals surface area contributed by atoms with Crippen molar-refractivity contribution in [1.82, 2.24) is 35.3 Å². The van der Waals surface area contributed by atoms with E-state index in [2.05, 4.69) is 54.5 Å². The average molecular weight is 992 g/mol. The lowest BCUT2D eigenvalue weighted by Gasteiger charge is -2.37. The molecular formula is C51H40F7N9O3S. The summed E-state index contributed by atoms with van der Waals surface area (Å²) >= 11 is 0. The molecule has 11 rings (SSSR count). The minimum absolute atomic E-state index is 0.0270. The number of anilines is 1. The number of benzene rings is 2. The molecule has 0 radical (unpaired) electrons. The molecule has 0 aliphatic heterocycles. The zero-order chi connectivity index (χ0) is 50.6. The number of nitrogens with two attached hydrogens (primary N) is 1. The minimum Gasteiger partial charge on any atom is -0.383 e. The van der Waals surface area contributed by atoms with Gasteiger partial charge in [-0.2, -0.15) is 37.0 Å². The fourth-order valence-electron chi connectivity index (χ4n) is 11.9. The van der Waals surface area contributed by atoms with Crippen molar-refractivity contribution in [3.63, 3.8) is 0 Å². The van der Waals surface area contributed by atoms with Crippen molar-refractivity contribution in [3.8, 4) is 45.7 Å². The van der Waals surface area contributed by atoms with Gasteiger partial charge >= 0.3 is 15.6 Å². The van der Waals surface area contributed by atoms with Gasteiger partial charge in [-0.3, -0.25) is 4.98 Å². The molecule has 4 atom stereocenters. The quantitative estimate of drug-likeness (QED) is 0.0907. The van der Waals surface area contributed by atoms with Crippen molar-refractivity contribution in [2.24, 2.45) is 10.8 Å². The summed E-state index contributed by atoms with van der Waals surface area (Å²) in [7, 11) is -5.90. The largest absolute Gasteiger partial charge is 0.534 e. The van der Waals surface area contributed by atoms with E-state index in [1.54, 1.807) is 30.5 Å². The van der Waals surface area contributed by atoms with Gasteiger partial charge in [0.25, 0.3) is 0 Å². The van der Waals surface area contributed by atoms with Gasteiger partial charge in [-0.1, -0.05) is 52.0 Å². The van der Waals surface area contributed by atoms with Gasteiger partial charge in [0, 0.05) is 17.8 Å². The van der Waals surface area contributed by atoms with Crippen LogP contribution in [0.4, 0.5) is 36.6 Å². The molecule has 5 heterocycles. The summed E-state index contributed by atoms with van der Waals surface area (Å²) in [5.41, 5.74) is 3.47. The molecule has 2 aromatic carbocycles. The van der Waals surface area contributed by atoms with Crippen LogP contribution in [0.15, 0.2) is 97.2 Å². The molecule has 12 nitrogen and oxygen atoms in total. The Kier molecular flexibility index (Phi) is 10.9. The lowest BCUT2D eigenvalue weighted by Crippen LogP contribution is -2.38. The van der Waals surface area contributed by atoms with Gasteiger partial charge in [0.15, 0.2) is 0 Å². The van der Waals surface area contributed by atoms with Gasteiger partial charge in [-0.05, 0) is 120 Å². The van der Waals surface area contributed by atoms with Crippen molar-refractivity contribution in [1.29, 1.82) is 5.26 Å². The second kappa shape index (κ2) is 16.3. The van der Waals surface area contributed by atoms with Crippen LogP contribution in [0.2, 0.25) is 0 Å². The molecule has 7 aromatic rings. The molecule has 4 aliphatic carbocycles. The number of rotatable bonds is 7. The topological polar surface area (TPSA) is 183 Å². The standard InChI is InChI=1S/C28H22F2N6.C23H18F5N3O3S/c1-27(2)18-9-10-28(27,23-8-4-7-21(34-23)16-11-15(13-31)26(32)33-14-16)25-17(18)12-22(35-36-25)24-19(29)5-3-6-20(24)30;1-21(2)13-9-10-22(21,17-7-4-8-18(29-17)34-35(32,33)23(26,27)28)20-12(13)11-16(30-31-20)19-14(24)5-3-6-15(19)25/h3-8,11-12,14,18H,9-10H2,1-2H3,(H2,32,33);3-8,11,13H,9-10H2,1-2H3/t18-,28-;13-,22-/m00/s1. The molecule has 0 spiro atoms. The third-order valence-electron chi connectivity index (χ3n) is 15.4. The third kappa shape index (κ3) is 6.97. The summed E-state index contributed by atoms with van der Waals surface area (Å²) in [6.45, 7) is 8.28. The SMILES string of the molecule is CC1(C)[C@H]2CC[C@]1(c1cccc(-c3cnc(N)c(C#N)c3)n1)c1nnc(-c3c(F)cccc3F)cc12.CC1(C)[C@H]2CC[C@]1(c1cccc(OS(=O)(=O)C(F)(F)F)n1)c1nnc(-c3c(F)cccc3F)cc12. The molecule has 20 heteroatoms. The molecule has 0 amide bonds. The molecule has 362 valence electrons. The Morgan fingerprint density at radius 3 is 1.61 bits per heavy atom. The van der Waals surface area contributed by atoms with Crippen LogP contribution in [0.25, 0.3) is 33.8 Å². The van der Waals surface area contributed by atoms with Crippen LogP contribution < -0.4 is 9.92 Å². The Labute approximate surface area is 402 Å². The Morgan fingerprint density at radius 2 is 1.13 bits per heavy atom. The number of pyridine rings is 3. The molecule has 2 N–H and O–H groups in total. The highest BCUT2D eigenvalue weighted by atomic mass is 32.2. The van der Waals surface area contributed by atoms with Crippen LogP contribution >= 0.6 is 0 Å². The highest BCUT2D eigenvalue weighted by Crippen LogP contribution is 2.71. The molecule has 4 bridgehead atoms. The Hall–Kier alpha value is -7.40. The van der Waals surface area contributed by atoms with E-state index in [1.165, 1.54) is 30.3 Å². The molecule has 0 unspecified atom stereocenters. The number of fused-ring (bicyclic) bond motifs is 10. The van der Waals surface area contributed by atoms with Gasteiger partial charge in [0.1, 0.15) is 35.2 Å². The van der Waals surface area contributed by atoms with Crippen LogP contribution in [0, 0.1) is 45.4 Å². The van der Waals surface area contributed by atoms with E-state index in [9.17, 15) is 44.4 Å². The molecule has 0 saturated heterocycles. The van der Waals surface area contributed by atoms with Gasteiger partial charge < -0.3 is 9.92 Å². The summed E-state index contributed by atoms with van der Waals surface area (Å²) in [5, 5.41) is 26.7. The summed E-state index contributed by atoms with van der Waals surface area (Å²) in [6.07, 6.45) is 4.51. The Morgan fingerprint density at radius 1 is 0.662 bits per heavy atom. The molecule has 71 heavy (non-hydrogen) atoms. The van der Waals surface area contributed by atoms with Gasteiger partial charge in [-0.15, -0.1) is 10.2 Å². The average Bonchev–Trinajstić information content (AvgIpc) is 3.90. The maximum atomic E-state index is 14.5. The van der Waals surface area contributed by atoms with Gasteiger partial charge in [0.2, 0.25) is 5.88 Å². The minimum atomic E-state index is -5.90. The van der Waals surface area contributed by atoms with Crippen molar-refractivity contribution in [2.75, 3.05) is 5.73 Å². The predicted octanol–water partition coefficient (Wildman–Crippen LogP) is 10.8. The van der Waals surface area contributed by atoms with Crippen molar-refractivity contribution in [2.45, 2.75) is 81.6 Å². The molecule has 2 saturated carbocycles. The first-order chi connectivity index (χ1) is 33.6. The predicted molar refractivity (Wildman–Crippen MR) is 244 cm³/mol. The Balaban J connectivity index is 0.000000164. The van der Waals surface area contributed by atoms with E-state index in [-0.39, 0.29) is 51.3 Å². The number of hydrogen-bond donors (Lipinski definition) is 1. The van der Waals surface area contributed by atoms with Crippen LogP contribution in [0.3, 0.4) is 0 Å². The summed E-state index contributed by atoms with van der Waals surface area (Å²) in [5.74, 6) is -3.40. The maximum Gasteiger partial charge on any atom is 0.534 e. The number of nitrogens with zero attached hydrogens (tertiary/aromatic N) is 8. The van der Waals surface area contributed by atoms with Crippen molar-refractivity contribution in [3.05, 3.63) is 160 Å². The second-order valence-corrected chi connectivity index (χ2v) is 20.8. The van der Waals surface area contributed by atoms with E-state index < -0.39 is 61.0 Å². The summed E-state index contributed by atoms with van der Waals surface area (Å²) < 4.78 is 123. The van der Waals surface area contributed by atoms with Crippen LogP contribution in [0.5, 0.6) is 5.88 Å². The maximum absolute atomic E-state index is 14.5. The zero-order valence-electron chi connectivity index (χ0n) is 38.2. The zero-order valence-corrected chi connectivity index (χ0v) is 39.0. The monoisotopic (exact) mass is 991 g/mol. The highest BCUT2D eigenvalue weighted by Gasteiger charge is 2.66. The number of halogens is 7. The number of nitriles is 1. The van der Waals surface area contributed by atoms with E-state index in [0.717, 1.165) is 48.0 Å². The number of aromatic nitrogens is 7. The smallest absolute Gasteiger partial charge is 0.383 e. The molecule has 2 fully saturated rings. The highest BCUT2D eigenvalue weighted by molar-refractivity contribution is 7.87. The fourth-order valence-corrected chi connectivity index (χ4v) is 12.3. The first kappa shape index (κ1) is 47.3. The van der Waals surface area contributed by atoms with Crippen LogP contribution in [-0.4, -0.2) is 49.3 Å². The molecular weight excluding hydrogens is 952 g/mol. The van der Waals surface area contributed by atoms with E-state index in [1.807, 2.05) is 32.0 Å². The lowest BCUT2D eigenvalue weighted by molar-refractivity contribution is -0.0501. The first-order valence-electron chi connectivity index (χ1n) is 22.3. The number of nitrogen functional groups attached to an aromatic ring is 1. The molecule has 5 aromatic heterocycles. The van der Waals surface area contributed by atoms with Gasteiger partial charge in [0.05, 0.1) is 67.4 Å². The molecule has 4 aliphatic rings. The second-order valence-electron chi connectivity index (χ2n) is 19.2. The van der Waals surface area contributed by atoms with Gasteiger partial charge in [-0.25, -0.2) is 27.5 Å².